The van der Waals surface area contributed by atoms with Gasteiger partial charge in [-0.3, -0.25) is 4.79 Å². The molecule has 0 radical (unpaired) electrons. The van der Waals surface area contributed by atoms with Gasteiger partial charge in [-0.05, 0) is 48.7 Å². The molecule has 0 atom stereocenters. The zero-order valence-corrected chi connectivity index (χ0v) is 15.2. The van der Waals surface area contributed by atoms with E-state index in [1.807, 2.05) is 0 Å². The van der Waals surface area contributed by atoms with E-state index >= 15 is 0 Å². The Morgan fingerprint density at radius 2 is 1.79 bits per heavy atom. The standard InChI is InChI=1S/C21H22F4N2O/c22-19-11-9-15(14-18(19)21(23,24)25)8-10-16-6-2-3-7-17(16)20(28)27-13-5-1-4-12-26/h2-3,6-11,14H,1,4-5,12-13,26H2,(H,27,28)/b10-8+. The van der Waals surface area contributed by atoms with E-state index in [-0.39, 0.29) is 11.5 Å². The van der Waals surface area contributed by atoms with Crippen molar-refractivity contribution in [2.24, 2.45) is 5.73 Å². The summed E-state index contributed by atoms with van der Waals surface area (Å²) in [6.45, 7) is 1.13. The summed E-state index contributed by atoms with van der Waals surface area (Å²) in [7, 11) is 0. The van der Waals surface area contributed by atoms with Crippen LogP contribution in [0.4, 0.5) is 17.6 Å². The van der Waals surface area contributed by atoms with Crippen LogP contribution in [0, 0.1) is 5.82 Å². The largest absolute Gasteiger partial charge is 0.419 e. The number of hydrogen-bond acceptors (Lipinski definition) is 2. The molecule has 0 saturated heterocycles. The lowest BCUT2D eigenvalue weighted by molar-refractivity contribution is -0.140. The first kappa shape index (κ1) is 21.6. The van der Waals surface area contributed by atoms with Crippen LogP contribution < -0.4 is 11.1 Å². The van der Waals surface area contributed by atoms with Gasteiger partial charge in [0.2, 0.25) is 0 Å². The van der Waals surface area contributed by atoms with E-state index in [1.54, 1.807) is 24.3 Å². The molecule has 3 N–H and O–H groups in total. The van der Waals surface area contributed by atoms with Crippen LogP contribution in [0.2, 0.25) is 0 Å². The number of carbonyl (C=O) groups excluding carboxylic acids is 1. The van der Waals surface area contributed by atoms with E-state index in [2.05, 4.69) is 5.32 Å². The Hall–Kier alpha value is -2.67. The topological polar surface area (TPSA) is 55.1 Å². The monoisotopic (exact) mass is 394 g/mol. The number of carbonyl (C=O) groups is 1. The number of benzene rings is 2. The zero-order chi connectivity index (χ0) is 20.6. The van der Waals surface area contributed by atoms with Crippen molar-refractivity contribution in [2.45, 2.75) is 25.4 Å². The van der Waals surface area contributed by atoms with Gasteiger partial charge in [-0.15, -0.1) is 0 Å². The Morgan fingerprint density at radius 3 is 2.50 bits per heavy atom. The lowest BCUT2D eigenvalue weighted by Gasteiger charge is -2.09. The third kappa shape index (κ3) is 6.20. The molecule has 0 spiro atoms. The highest BCUT2D eigenvalue weighted by Crippen LogP contribution is 2.32. The number of rotatable bonds is 8. The predicted molar refractivity (Wildman–Crippen MR) is 102 cm³/mol. The summed E-state index contributed by atoms with van der Waals surface area (Å²) in [6, 6.07) is 9.54. The molecule has 150 valence electrons. The highest BCUT2D eigenvalue weighted by molar-refractivity contribution is 5.98. The van der Waals surface area contributed by atoms with Crippen molar-refractivity contribution in [1.29, 1.82) is 0 Å². The fourth-order valence-electron chi connectivity index (χ4n) is 2.64. The van der Waals surface area contributed by atoms with Crippen LogP contribution >= 0.6 is 0 Å². The fourth-order valence-corrected chi connectivity index (χ4v) is 2.64. The van der Waals surface area contributed by atoms with Gasteiger partial charge in [0.05, 0.1) is 5.56 Å². The number of alkyl halides is 3. The van der Waals surface area contributed by atoms with Crippen LogP contribution in [-0.2, 0) is 6.18 Å². The van der Waals surface area contributed by atoms with Crippen molar-refractivity contribution in [1.82, 2.24) is 5.32 Å². The second-order valence-corrected chi connectivity index (χ2v) is 6.26. The summed E-state index contributed by atoms with van der Waals surface area (Å²) in [5.41, 5.74) is 5.26. The summed E-state index contributed by atoms with van der Waals surface area (Å²) in [6.07, 6.45) is 0.822. The van der Waals surface area contributed by atoms with E-state index in [0.29, 0.717) is 24.2 Å². The first-order valence-electron chi connectivity index (χ1n) is 8.95. The average Bonchev–Trinajstić information content (AvgIpc) is 2.66. The molecular weight excluding hydrogens is 372 g/mol. The number of hydrogen-bond donors (Lipinski definition) is 2. The molecule has 7 heteroatoms. The second kappa shape index (κ2) is 10.0. The highest BCUT2D eigenvalue weighted by atomic mass is 19.4. The minimum atomic E-state index is -4.77. The summed E-state index contributed by atoms with van der Waals surface area (Å²) < 4.78 is 51.9. The normalized spacial score (nSPS) is 11.8. The van der Waals surface area contributed by atoms with Crippen molar-refractivity contribution in [3.05, 3.63) is 70.5 Å². The van der Waals surface area contributed by atoms with Crippen LogP contribution in [0.5, 0.6) is 0 Å². The Bertz CT molecular complexity index is 831. The molecule has 28 heavy (non-hydrogen) atoms. The van der Waals surface area contributed by atoms with Crippen LogP contribution in [0.15, 0.2) is 42.5 Å². The molecule has 0 aliphatic rings. The Kier molecular flexibility index (Phi) is 7.75. The van der Waals surface area contributed by atoms with Gasteiger partial charge >= 0.3 is 6.18 Å². The van der Waals surface area contributed by atoms with E-state index in [4.69, 9.17) is 5.73 Å². The van der Waals surface area contributed by atoms with Crippen LogP contribution in [0.3, 0.4) is 0 Å². The SMILES string of the molecule is NCCCCCNC(=O)c1ccccc1/C=C/c1ccc(F)c(C(F)(F)F)c1. The number of nitrogens with two attached hydrogens (primary N) is 1. The quantitative estimate of drug-likeness (QED) is 0.381. The van der Waals surface area contributed by atoms with Crippen molar-refractivity contribution in [2.75, 3.05) is 13.1 Å². The molecular formula is C21H22F4N2O. The Labute approximate surface area is 161 Å². The maximum absolute atomic E-state index is 13.4. The minimum Gasteiger partial charge on any atom is -0.352 e. The van der Waals surface area contributed by atoms with Gasteiger partial charge in [-0.25, -0.2) is 4.39 Å². The molecule has 2 rings (SSSR count). The van der Waals surface area contributed by atoms with E-state index in [9.17, 15) is 22.4 Å². The highest BCUT2D eigenvalue weighted by Gasteiger charge is 2.33. The van der Waals surface area contributed by atoms with Crippen LogP contribution in [0.1, 0.15) is 46.3 Å². The second-order valence-electron chi connectivity index (χ2n) is 6.26. The van der Waals surface area contributed by atoms with Gasteiger partial charge in [0.1, 0.15) is 5.82 Å². The van der Waals surface area contributed by atoms with Crippen LogP contribution in [0.25, 0.3) is 12.2 Å². The molecule has 0 aromatic heterocycles. The first-order chi connectivity index (χ1) is 13.3. The molecule has 0 aliphatic carbocycles. The molecule has 0 bridgehead atoms. The average molecular weight is 394 g/mol. The molecule has 0 fully saturated rings. The lowest BCUT2D eigenvalue weighted by Crippen LogP contribution is -2.25. The molecule has 0 unspecified atom stereocenters. The van der Waals surface area contributed by atoms with Gasteiger partial charge in [0.25, 0.3) is 5.91 Å². The van der Waals surface area contributed by atoms with Gasteiger partial charge < -0.3 is 11.1 Å². The summed E-state index contributed by atoms with van der Waals surface area (Å²) in [5.74, 6) is -1.58. The summed E-state index contributed by atoms with van der Waals surface area (Å²) >= 11 is 0. The summed E-state index contributed by atoms with van der Waals surface area (Å²) in [4.78, 5) is 12.4. The summed E-state index contributed by atoms with van der Waals surface area (Å²) in [5, 5.41) is 2.82. The first-order valence-corrected chi connectivity index (χ1v) is 8.95. The maximum Gasteiger partial charge on any atom is 0.419 e. The fraction of sp³-hybridized carbons (Fsp3) is 0.286. The van der Waals surface area contributed by atoms with E-state index in [0.717, 1.165) is 31.4 Å². The minimum absolute atomic E-state index is 0.186. The lowest BCUT2D eigenvalue weighted by atomic mass is 10.0. The number of unbranched alkanes of at least 4 members (excludes halogenated alkanes) is 2. The molecule has 2 aromatic rings. The smallest absolute Gasteiger partial charge is 0.352 e. The molecule has 0 heterocycles. The molecule has 2 aromatic carbocycles. The van der Waals surface area contributed by atoms with Gasteiger partial charge in [0.15, 0.2) is 0 Å². The number of nitrogens with one attached hydrogen (secondary N) is 1. The van der Waals surface area contributed by atoms with Crippen molar-refractivity contribution >= 4 is 18.1 Å². The van der Waals surface area contributed by atoms with Crippen molar-refractivity contribution in [3.63, 3.8) is 0 Å². The third-order valence-electron chi connectivity index (χ3n) is 4.12. The maximum atomic E-state index is 13.4. The molecule has 1 amide bonds. The van der Waals surface area contributed by atoms with E-state index < -0.39 is 17.6 Å². The van der Waals surface area contributed by atoms with Gasteiger partial charge in [-0.1, -0.05) is 42.8 Å². The van der Waals surface area contributed by atoms with Crippen LogP contribution in [-0.4, -0.2) is 19.0 Å². The van der Waals surface area contributed by atoms with Crippen molar-refractivity contribution < 1.29 is 22.4 Å². The molecule has 0 saturated carbocycles. The Balaban J connectivity index is 2.14. The number of amides is 1. The Morgan fingerprint density at radius 1 is 1.04 bits per heavy atom. The molecule has 0 aliphatic heterocycles. The van der Waals surface area contributed by atoms with Gasteiger partial charge in [-0.2, -0.15) is 13.2 Å². The zero-order valence-electron chi connectivity index (χ0n) is 15.2. The predicted octanol–water partition coefficient (Wildman–Crippen LogP) is 4.87. The number of halogens is 4. The third-order valence-corrected chi connectivity index (χ3v) is 4.12. The molecule has 3 nitrogen and oxygen atoms in total. The van der Waals surface area contributed by atoms with Gasteiger partial charge in [0, 0.05) is 12.1 Å². The van der Waals surface area contributed by atoms with Crippen molar-refractivity contribution in [3.8, 4) is 0 Å². The van der Waals surface area contributed by atoms with E-state index in [1.165, 1.54) is 18.2 Å².